The zero-order chi connectivity index (χ0) is 21.0. The van der Waals surface area contributed by atoms with Crippen LogP contribution in [0.25, 0.3) is 0 Å². The zero-order valence-electron chi connectivity index (χ0n) is 16.9. The molecule has 1 saturated heterocycles. The number of aliphatic carboxylic acids is 1. The molecule has 6 nitrogen and oxygen atoms in total. The number of nitrogens with zero attached hydrogens (tertiary/aromatic N) is 1. The minimum atomic E-state index is -0.818. The molecule has 0 aliphatic carbocycles. The largest absolute Gasteiger partial charge is 0.496 e. The molecule has 2 unspecified atom stereocenters. The average Bonchev–Trinajstić information content (AvgIpc) is 2.74. The molecule has 1 N–H and O–H groups in total. The third-order valence-electron chi connectivity index (χ3n) is 5.40. The summed E-state index contributed by atoms with van der Waals surface area (Å²) in [6.45, 7) is 1.04. The lowest BCUT2D eigenvalue weighted by atomic mass is 9.90. The van der Waals surface area contributed by atoms with Gasteiger partial charge in [-0.15, -0.1) is 0 Å². The Morgan fingerprint density at radius 3 is 2.31 bits per heavy atom. The van der Waals surface area contributed by atoms with Crippen LogP contribution in [0, 0.1) is 11.7 Å². The average molecular weight is 403 g/mol. The number of hydrogen-bond donors (Lipinski definition) is 1. The molecule has 3 rings (SSSR count). The Kier molecular flexibility index (Phi) is 6.59. The summed E-state index contributed by atoms with van der Waals surface area (Å²) in [5.74, 6) is -0.417. The SMILES string of the molecule is COc1ccc(C(c2c(OC)cccc2OC)N2CCCC(C(=O)O)C2)cc1F. The maximum absolute atomic E-state index is 14.6. The maximum Gasteiger partial charge on any atom is 0.307 e. The van der Waals surface area contributed by atoms with Crippen molar-refractivity contribution in [3.8, 4) is 17.2 Å². The minimum Gasteiger partial charge on any atom is -0.496 e. The molecule has 1 aliphatic heterocycles. The van der Waals surface area contributed by atoms with E-state index in [4.69, 9.17) is 14.2 Å². The summed E-state index contributed by atoms with van der Waals surface area (Å²) < 4.78 is 30.8. The minimum absolute atomic E-state index is 0.154. The fourth-order valence-electron chi connectivity index (χ4n) is 4.00. The van der Waals surface area contributed by atoms with Crippen LogP contribution in [0.5, 0.6) is 17.2 Å². The van der Waals surface area contributed by atoms with Crippen molar-refractivity contribution >= 4 is 5.97 Å². The molecular formula is C22H26FNO5. The molecule has 2 atom stereocenters. The summed E-state index contributed by atoms with van der Waals surface area (Å²) in [6.07, 6.45) is 1.36. The van der Waals surface area contributed by atoms with Crippen molar-refractivity contribution in [2.45, 2.75) is 18.9 Å². The first-order chi connectivity index (χ1) is 14.0. The van der Waals surface area contributed by atoms with Crippen LogP contribution in [-0.4, -0.2) is 50.4 Å². The molecule has 1 fully saturated rings. The van der Waals surface area contributed by atoms with Crippen molar-refractivity contribution in [1.29, 1.82) is 0 Å². The smallest absolute Gasteiger partial charge is 0.307 e. The molecule has 1 aliphatic rings. The van der Waals surface area contributed by atoms with E-state index in [2.05, 4.69) is 4.90 Å². The Morgan fingerprint density at radius 1 is 1.10 bits per heavy atom. The lowest BCUT2D eigenvalue weighted by Crippen LogP contribution is -2.41. The molecule has 2 aromatic rings. The molecule has 2 aromatic carbocycles. The number of rotatable bonds is 7. The van der Waals surface area contributed by atoms with Crippen LogP contribution in [-0.2, 0) is 4.79 Å². The fourth-order valence-corrected chi connectivity index (χ4v) is 4.00. The van der Waals surface area contributed by atoms with Crippen LogP contribution in [0.15, 0.2) is 36.4 Å². The summed E-state index contributed by atoms with van der Waals surface area (Å²) in [7, 11) is 4.56. The van der Waals surface area contributed by atoms with Crippen molar-refractivity contribution in [1.82, 2.24) is 4.90 Å². The molecule has 0 saturated carbocycles. The van der Waals surface area contributed by atoms with Crippen LogP contribution < -0.4 is 14.2 Å². The third kappa shape index (κ3) is 4.29. The van der Waals surface area contributed by atoms with Crippen molar-refractivity contribution in [2.75, 3.05) is 34.4 Å². The molecule has 156 valence electrons. The van der Waals surface area contributed by atoms with Gasteiger partial charge in [-0.25, -0.2) is 4.39 Å². The summed E-state index contributed by atoms with van der Waals surface area (Å²) >= 11 is 0. The number of methoxy groups -OCH3 is 3. The highest BCUT2D eigenvalue weighted by atomic mass is 19.1. The Balaban J connectivity index is 2.15. The summed E-state index contributed by atoms with van der Waals surface area (Å²) in [6, 6.07) is 9.85. The van der Waals surface area contributed by atoms with Crippen LogP contribution in [0.3, 0.4) is 0 Å². The first-order valence-electron chi connectivity index (χ1n) is 9.51. The standard InChI is InChI=1S/C22H26FNO5/c1-27-17-10-9-14(12-16(17)23)21(24-11-5-6-15(13-24)22(25)26)20-18(28-2)7-4-8-19(20)29-3/h4,7-10,12,15,21H,5-6,11,13H2,1-3H3,(H,25,26). The van der Waals surface area contributed by atoms with Gasteiger partial charge in [-0.2, -0.15) is 0 Å². The number of carboxylic acid groups (broad SMARTS) is 1. The molecule has 7 heteroatoms. The lowest BCUT2D eigenvalue weighted by molar-refractivity contribution is -0.143. The van der Waals surface area contributed by atoms with E-state index in [1.165, 1.54) is 13.2 Å². The number of ether oxygens (including phenoxy) is 3. The van der Waals surface area contributed by atoms with Gasteiger partial charge in [0.2, 0.25) is 0 Å². The molecule has 0 spiro atoms. The normalized spacial score (nSPS) is 18.1. The van der Waals surface area contributed by atoms with Gasteiger partial charge in [-0.1, -0.05) is 12.1 Å². The summed E-state index contributed by atoms with van der Waals surface area (Å²) in [4.78, 5) is 13.7. The highest BCUT2D eigenvalue weighted by molar-refractivity contribution is 5.70. The van der Waals surface area contributed by atoms with Crippen LogP contribution in [0.1, 0.15) is 30.0 Å². The van der Waals surface area contributed by atoms with Crippen molar-refractivity contribution < 1.29 is 28.5 Å². The van der Waals surface area contributed by atoms with Gasteiger partial charge in [0.15, 0.2) is 11.6 Å². The molecule has 0 bridgehead atoms. The Morgan fingerprint density at radius 2 is 1.76 bits per heavy atom. The maximum atomic E-state index is 14.6. The van der Waals surface area contributed by atoms with Gasteiger partial charge in [-0.3, -0.25) is 9.69 Å². The van der Waals surface area contributed by atoms with Gasteiger partial charge in [0.25, 0.3) is 0 Å². The molecule has 0 radical (unpaired) electrons. The van der Waals surface area contributed by atoms with E-state index >= 15 is 0 Å². The molecule has 1 heterocycles. The number of hydrogen-bond acceptors (Lipinski definition) is 5. The van der Waals surface area contributed by atoms with Gasteiger partial charge in [0.05, 0.1) is 38.9 Å². The van der Waals surface area contributed by atoms with Crippen molar-refractivity contribution in [3.05, 3.63) is 53.3 Å². The van der Waals surface area contributed by atoms with Crippen LogP contribution >= 0.6 is 0 Å². The summed E-state index contributed by atoms with van der Waals surface area (Å²) in [5, 5.41) is 9.54. The lowest BCUT2D eigenvalue weighted by Gasteiger charge is -2.38. The third-order valence-corrected chi connectivity index (χ3v) is 5.40. The van der Waals surface area contributed by atoms with E-state index < -0.39 is 23.7 Å². The highest BCUT2D eigenvalue weighted by Gasteiger charge is 2.34. The first-order valence-corrected chi connectivity index (χ1v) is 9.51. The van der Waals surface area contributed by atoms with E-state index in [0.29, 0.717) is 36.6 Å². The molecule has 29 heavy (non-hydrogen) atoms. The van der Waals surface area contributed by atoms with E-state index in [-0.39, 0.29) is 5.75 Å². The molecular weight excluding hydrogens is 377 g/mol. The van der Waals surface area contributed by atoms with E-state index in [0.717, 1.165) is 12.0 Å². The van der Waals surface area contributed by atoms with E-state index in [1.54, 1.807) is 26.4 Å². The summed E-state index contributed by atoms with van der Waals surface area (Å²) in [5.41, 5.74) is 1.42. The van der Waals surface area contributed by atoms with Crippen LogP contribution in [0.4, 0.5) is 4.39 Å². The van der Waals surface area contributed by atoms with Gasteiger partial charge in [0.1, 0.15) is 11.5 Å². The highest BCUT2D eigenvalue weighted by Crippen LogP contribution is 2.43. The number of piperidine rings is 1. The second kappa shape index (κ2) is 9.13. The van der Waals surface area contributed by atoms with Crippen molar-refractivity contribution in [3.63, 3.8) is 0 Å². The fraction of sp³-hybridized carbons (Fsp3) is 0.409. The topological polar surface area (TPSA) is 68.2 Å². The van der Waals surface area contributed by atoms with Gasteiger partial charge < -0.3 is 19.3 Å². The molecule has 0 aromatic heterocycles. The number of carboxylic acids is 1. The quantitative estimate of drug-likeness (QED) is 0.760. The Labute approximate surface area is 169 Å². The monoisotopic (exact) mass is 403 g/mol. The second-order valence-electron chi connectivity index (χ2n) is 7.05. The molecule has 0 amide bonds. The van der Waals surface area contributed by atoms with Gasteiger partial charge in [-0.05, 0) is 49.2 Å². The first kappa shape index (κ1) is 20.9. The van der Waals surface area contributed by atoms with Gasteiger partial charge >= 0.3 is 5.97 Å². The van der Waals surface area contributed by atoms with Gasteiger partial charge in [0, 0.05) is 6.54 Å². The predicted molar refractivity (Wildman–Crippen MR) is 106 cm³/mol. The number of likely N-dealkylation sites (tertiary alicyclic amines) is 1. The van der Waals surface area contributed by atoms with Crippen LogP contribution in [0.2, 0.25) is 0 Å². The zero-order valence-corrected chi connectivity index (χ0v) is 16.9. The number of halogens is 1. The Bertz CT molecular complexity index is 850. The predicted octanol–water partition coefficient (Wildman–Crippen LogP) is 3.74. The van der Waals surface area contributed by atoms with E-state index in [1.807, 2.05) is 18.2 Å². The van der Waals surface area contributed by atoms with Crippen molar-refractivity contribution in [2.24, 2.45) is 5.92 Å². The van der Waals surface area contributed by atoms with E-state index in [9.17, 15) is 14.3 Å². The number of benzene rings is 2. The Hall–Kier alpha value is -2.80. The number of carbonyl (C=O) groups is 1. The second-order valence-corrected chi connectivity index (χ2v) is 7.05.